The van der Waals surface area contributed by atoms with E-state index in [-0.39, 0.29) is 0 Å². The number of fused-ring (bicyclic) bond motifs is 12. The zero-order chi connectivity index (χ0) is 73.9. The highest BCUT2D eigenvalue weighted by Crippen LogP contribution is 2.60. The molecule has 1 atom stereocenters. The van der Waals surface area contributed by atoms with E-state index in [1.165, 1.54) is 44.5 Å². The van der Waals surface area contributed by atoms with E-state index in [0.717, 1.165) is 133 Å². The summed E-state index contributed by atoms with van der Waals surface area (Å²) in [5.74, 6) is 3.60. The van der Waals surface area contributed by atoms with E-state index in [4.69, 9.17) is 38.7 Å². The Morgan fingerprint density at radius 3 is 0.982 bits per heavy atom. The third-order valence-corrected chi connectivity index (χ3v) is 23.0. The molecule has 0 radical (unpaired) electrons. The van der Waals surface area contributed by atoms with Crippen LogP contribution in [0, 0.1) is 0 Å². The molecule has 0 aliphatic heterocycles. The number of benzene rings is 16. The molecule has 112 heavy (non-hydrogen) atoms. The standard InChI is InChI=1S/C104H64N6O2/c1-8-27-66(28-9-1)97-105-98(67-29-10-2-11-30-67)108-101(107-97)73-36-26-35-70(57-73)71-51-56-93-86(58-71)88-62-85-81-44-23-25-46-90(81)104(77-41-20-7-21-42-77,92(85)64-96(88)111-93)78-52-47-65(48-53-78)79-54-50-74(102-109-99(68-31-12-3-13-32-68)106-100(110-102)69-33-14-4-15-34-69)59-83(79)72-49-55-82-87-61-84-80-43-22-24-45-89(80)103(75-37-16-5-17-38-75,76-39-18-6-19-40-76)91(84)63-95(87)112-94(82)60-72/h1-64H. The summed E-state index contributed by atoms with van der Waals surface area (Å²) in [5, 5.41) is 4.18. The Kier molecular flexibility index (Phi) is 14.9. The quantitative estimate of drug-likeness (QED) is 0.112. The van der Waals surface area contributed by atoms with Gasteiger partial charge >= 0.3 is 0 Å². The summed E-state index contributed by atoms with van der Waals surface area (Å²) in [4.78, 5) is 30.8. The molecule has 0 N–H and O–H groups in total. The Morgan fingerprint density at radius 2 is 0.500 bits per heavy atom. The smallest absolute Gasteiger partial charge is 0.164 e. The van der Waals surface area contributed by atoms with E-state index in [9.17, 15) is 0 Å². The second-order valence-electron chi connectivity index (χ2n) is 29.1. The Balaban J connectivity index is 0.683. The van der Waals surface area contributed by atoms with Gasteiger partial charge in [0.05, 0.1) is 10.8 Å². The van der Waals surface area contributed by atoms with Crippen molar-refractivity contribution in [3.63, 3.8) is 0 Å². The van der Waals surface area contributed by atoms with Crippen molar-refractivity contribution >= 4 is 43.9 Å². The third-order valence-electron chi connectivity index (χ3n) is 23.0. The van der Waals surface area contributed by atoms with Gasteiger partial charge in [-0.15, -0.1) is 0 Å². The van der Waals surface area contributed by atoms with Gasteiger partial charge < -0.3 is 8.83 Å². The Bertz CT molecular complexity index is 6940. The van der Waals surface area contributed by atoms with E-state index >= 15 is 0 Å². The fraction of sp³-hybridized carbons (Fsp3) is 0.0192. The molecule has 20 aromatic rings. The van der Waals surface area contributed by atoms with Crippen molar-refractivity contribution in [2.45, 2.75) is 10.8 Å². The van der Waals surface area contributed by atoms with Gasteiger partial charge in [-0.25, -0.2) is 29.9 Å². The summed E-state index contributed by atoms with van der Waals surface area (Å²) in [6.45, 7) is 0. The van der Waals surface area contributed by atoms with Crippen molar-refractivity contribution in [2.24, 2.45) is 0 Å². The first-order valence-electron chi connectivity index (χ1n) is 37.9. The molecule has 0 bridgehead atoms. The number of furan rings is 2. The number of nitrogens with zero attached hydrogens (tertiary/aromatic N) is 6. The van der Waals surface area contributed by atoms with Crippen molar-refractivity contribution in [1.82, 2.24) is 29.9 Å². The van der Waals surface area contributed by atoms with Gasteiger partial charge in [0, 0.05) is 54.9 Å². The molecule has 0 spiro atoms. The Labute approximate surface area is 646 Å². The lowest BCUT2D eigenvalue weighted by molar-refractivity contribution is 0.666. The molecule has 4 heterocycles. The second-order valence-corrected chi connectivity index (χ2v) is 29.1. The van der Waals surface area contributed by atoms with E-state index < -0.39 is 10.8 Å². The van der Waals surface area contributed by atoms with Crippen LogP contribution in [0.3, 0.4) is 0 Å². The summed E-state index contributed by atoms with van der Waals surface area (Å²) < 4.78 is 14.3. The molecule has 0 saturated carbocycles. The van der Waals surface area contributed by atoms with Crippen LogP contribution in [0.5, 0.6) is 0 Å². The molecule has 8 nitrogen and oxygen atoms in total. The van der Waals surface area contributed by atoms with Crippen LogP contribution in [0.25, 0.3) is 168 Å². The van der Waals surface area contributed by atoms with Gasteiger partial charge in [-0.1, -0.05) is 328 Å². The van der Waals surface area contributed by atoms with Gasteiger partial charge in [0.15, 0.2) is 34.9 Å². The molecule has 0 saturated heterocycles. The summed E-state index contributed by atoms with van der Waals surface area (Å²) >= 11 is 0. The molecular weight excluding hydrogens is 1370 g/mol. The van der Waals surface area contributed by atoms with Crippen LogP contribution in [-0.2, 0) is 10.8 Å². The molecule has 2 aliphatic rings. The molecule has 0 amide bonds. The topological polar surface area (TPSA) is 104 Å². The fourth-order valence-corrected chi connectivity index (χ4v) is 17.9. The van der Waals surface area contributed by atoms with Crippen LogP contribution in [0.1, 0.15) is 44.5 Å². The number of hydrogen-bond donors (Lipinski definition) is 0. The molecular formula is C104H64N6O2. The lowest BCUT2D eigenvalue weighted by atomic mass is 9.67. The average Bonchev–Trinajstić information content (AvgIpc) is 1.53. The number of aromatic nitrogens is 6. The maximum atomic E-state index is 7.25. The predicted octanol–water partition coefficient (Wildman–Crippen LogP) is 25.6. The lowest BCUT2D eigenvalue weighted by Gasteiger charge is -2.34. The molecule has 22 rings (SSSR count). The zero-order valence-electron chi connectivity index (χ0n) is 60.5. The van der Waals surface area contributed by atoms with Crippen molar-refractivity contribution in [3.8, 4) is 124 Å². The third kappa shape index (κ3) is 10.3. The van der Waals surface area contributed by atoms with Gasteiger partial charge in [-0.05, 0) is 161 Å². The molecule has 1 unspecified atom stereocenters. The van der Waals surface area contributed by atoms with Gasteiger partial charge in [-0.2, -0.15) is 0 Å². The van der Waals surface area contributed by atoms with Crippen LogP contribution < -0.4 is 0 Å². The molecule has 2 aliphatic carbocycles. The molecule has 8 heteroatoms. The monoisotopic (exact) mass is 1430 g/mol. The molecule has 4 aromatic heterocycles. The lowest BCUT2D eigenvalue weighted by Crippen LogP contribution is -2.28. The van der Waals surface area contributed by atoms with Gasteiger partial charge in [-0.3, -0.25) is 0 Å². The van der Waals surface area contributed by atoms with Crippen molar-refractivity contribution in [1.29, 1.82) is 0 Å². The van der Waals surface area contributed by atoms with E-state index in [1.807, 2.05) is 97.1 Å². The second kappa shape index (κ2) is 25.9. The Morgan fingerprint density at radius 1 is 0.161 bits per heavy atom. The first kappa shape index (κ1) is 64.3. The minimum atomic E-state index is -0.741. The normalized spacial score (nSPS) is 13.8. The maximum absolute atomic E-state index is 7.25. The maximum Gasteiger partial charge on any atom is 0.164 e. The highest BCUT2D eigenvalue weighted by Gasteiger charge is 2.48. The summed E-state index contributed by atoms with van der Waals surface area (Å²) in [6.07, 6.45) is 0. The summed E-state index contributed by atoms with van der Waals surface area (Å²) in [6, 6.07) is 138. The van der Waals surface area contributed by atoms with Gasteiger partial charge in [0.2, 0.25) is 0 Å². The van der Waals surface area contributed by atoms with Gasteiger partial charge in [0.25, 0.3) is 0 Å². The molecule has 0 fully saturated rings. The predicted molar refractivity (Wildman–Crippen MR) is 451 cm³/mol. The van der Waals surface area contributed by atoms with Crippen LogP contribution in [0.2, 0.25) is 0 Å². The van der Waals surface area contributed by atoms with Gasteiger partial charge in [0.1, 0.15) is 22.3 Å². The highest BCUT2D eigenvalue weighted by molar-refractivity contribution is 6.11. The molecule has 522 valence electrons. The Hall–Kier alpha value is -14.9. The summed E-state index contributed by atoms with van der Waals surface area (Å²) in [7, 11) is 0. The number of hydrogen-bond acceptors (Lipinski definition) is 8. The average molecular weight is 1430 g/mol. The van der Waals surface area contributed by atoms with E-state index in [1.54, 1.807) is 0 Å². The largest absolute Gasteiger partial charge is 0.456 e. The van der Waals surface area contributed by atoms with Crippen molar-refractivity contribution < 1.29 is 8.83 Å². The first-order chi connectivity index (χ1) is 55.5. The zero-order valence-corrected chi connectivity index (χ0v) is 60.5. The van der Waals surface area contributed by atoms with Crippen LogP contribution >= 0.6 is 0 Å². The van der Waals surface area contributed by atoms with E-state index in [2.05, 4.69) is 291 Å². The number of rotatable bonds is 13. The SMILES string of the molecule is c1ccc(-c2nc(-c3ccccc3)nc(-c3cccc(-c4ccc5oc6cc7c(cc6c5c4)-c4ccccc4C7(c4ccccc4)c4ccc(-c5ccc(-c6nc(-c7ccccc7)nc(-c7ccccc7)n6)cc5-c5ccc6c(c5)oc5cc7c(cc56)-c5ccccc5C7(c5ccccc5)c5ccccc5)cc4)c3)n2)cc1. The van der Waals surface area contributed by atoms with E-state index in [0.29, 0.717) is 34.9 Å². The van der Waals surface area contributed by atoms with Crippen LogP contribution in [0.15, 0.2) is 397 Å². The first-order valence-corrected chi connectivity index (χ1v) is 37.9. The van der Waals surface area contributed by atoms with Crippen molar-refractivity contribution in [2.75, 3.05) is 0 Å². The van der Waals surface area contributed by atoms with Crippen molar-refractivity contribution in [3.05, 3.63) is 433 Å². The van der Waals surface area contributed by atoms with Crippen LogP contribution in [-0.4, -0.2) is 29.9 Å². The molecule has 16 aromatic carbocycles. The van der Waals surface area contributed by atoms with Crippen LogP contribution in [0.4, 0.5) is 0 Å². The fourth-order valence-electron chi connectivity index (χ4n) is 17.9. The minimum absolute atomic E-state index is 0.566. The highest BCUT2D eigenvalue weighted by atomic mass is 16.3. The minimum Gasteiger partial charge on any atom is -0.456 e. The summed E-state index contributed by atoms with van der Waals surface area (Å²) in [5.41, 5.74) is 27.7.